The molecule has 0 bridgehead atoms. The molecule has 0 unspecified atom stereocenters. The molecule has 298 valence electrons. The molecule has 0 aromatic heterocycles. The molecule has 8 heteroatoms. The van der Waals surface area contributed by atoms with Gasteiger partial charge in [-0.15, -0.1) is 0 Å². The number of benzene rings is 4. The zero-order valence-electron chi connectivity index (χ0n) is 33.7. The summed E-state index contributed by atoms with van der Waals surface area (Å²) in [7, 11) is 0. The minimum absolute atomic E-state index is 0.588. The quantitative estimate of drug-likeness (QED) is 0.121. The standard InChI is InChI=1S/C49H51F6N2/c1-8-16-36(46(4,5)41-31-37(48(50,51)52)26-21-33(41)3)27-24-34-22-23-35(45(34)57(39-17-12-10-13-18-39)40-19-14-11-15-20-40)25-30-44-47(6,7)42-32-38(49(53,54)55)28-29-43(42)56(44)9-2/h10-15,17-21,24-32H,8-9,16,22-23H2,1-7H3/q+1/b34-24+,36-27-. The molecule has 1 fully saturated rings. The van der Waals surface area contributed by atoms with E-state index < -0.39 is 34.3 Å². The number of allylic oxidation sites excluding steroid dienone is 8. The lowest BCUT2D eigenvalue weighted by molar-refractivity contribution is -0.138. The van der Waals surface area contributed by atoms with Crippen molar-refractivity contribution in [2.24, 2.45) is 0 Å². The number of aryl methyl sites for hydroxylation is 1. The minimum Gasteiger partial charge on any atom is -0.344 e. The van der Waals surface area contributed by atoms with E-state index >= 15 is 0 Å². The van der Waals surface area contributed by atoms with E-state index in [2.05, 4.69) is 65.0 Å². The van der Waals surface area contributed by atoms with Crippen LogP contribution in [0.3, 0.4) is 0 Å². The Kier molecular flexibility index (Phi) is 11.7. The van der Waals surface area contributed by atoms with Crippen LogP contribution in [0.2, 0.25) is 0 Å². The molecule has 0 N–H and O–H groups in total. The van der Waals surface area contributed by atoms with Crippen LogP contribution in [-0.2, 0) is 23.2 Å². The fraction of sp³-hybridized carbons (Fsp3) is 0.327. The van der Waals surface area contributed by atoms with E-state index in [9.17, 15) is 26.3 Å². The maximum Gasteiger partial charge on any atom is 0.416 e. The number of alkyl halides is 6. The predicted molar refractivity (Wildman–Crippen MR) is 223 cm³/mol. The van der Waals surface area contributed by atoms with Gasteiger partial charge in [0.2, 0.25) is 17.1 Å². The normalized spacial score (nSPS) is 18.3. The van der Waals surface area contributed by atoms with E-state index in [0.29, 0.717) is 30.5 Å². The highest BCUT2D eigenvalue weighted by Crippen LogP contribution is 2.49. The van der Waals surface area contributed by atoms with Crippen LogP contribution < -0.4 is 9.48 Å². The van der Waals surface area contributed by atoms with Crippen molar-refractivity contribution in [1.29, 1.82) is 0 Å². The lowest BCUT2D eigenvalue weighted by Crippen LogP contribution is -2.26. The van der Waals surface area contributed by atoms with Crippen molar-refractivity contribution in [1.82, 2.24) is 4.58 Å². The minimum atomic E-state index is -4.45. The number of anilines is 1. The Morgan fingerprint density at radius 3 is 1.81 bits per heavy atom. The molecule has 4 aromatic carbocycles. The van der Waals surface area contributed by atoms with Gasteiger partial charge in [0.05, 0.1) is 11.1 Å². The summed E-state index contributed by atoms with van der Waals surface area (Å²) in [5.74, 6) is 0. The smallest absolute Gasteiger partial charge is 0.344 e. The Morgan fingerprint density at radius 1 is 0.719 bits per heavy atom. The predicted octanol–water partition coefficient (Wildman–Crippen LogP) is 14.4. The monoisotopic (exact) mass is 781 g/mol. The second-order valence-electron chi connectivity index (χ2n) is 16.0. The summed E-state index contributed by atoms with van der Waals surface area (Å²) in [6.45, 7) is 14.5. The lowest BCUT2D eigenvalue weighted by atomic mass is 9.73. The molecule has 2 aliphatic rings. The number of rotatable bonds is 9. The maximum absolute atomic E-state index is 13.9. The molecule has 0 spiro atoms. The summed E-state index contributed by atoms with van der Waals surface area (Å²) >= 11 is 0. The van der Waals surface area contributed by atoms with Crippen molar-refractivity contribution in [3.63, 3.8) is 0 Å². The first kappa shape index (κ1) is 41.5. The van der Waals surface area contributed by atoms with Crippen molar-refractivity contribution in [2.75, 3.05) is 11.4 Å². The molecule has 6 rings (SSSR count). The van der Waals surface area contributed by atoms with Gasteiger partial charge in [0.1, 0.15) is 0 Å². The number of halogens is 6. The van der Waals surface area contributed by atoms with Crippen LogP contribution in [0.5, 0.6) is 0 Å². The zero-order valence-corrected chi connectivity index (χ0v) is 33.7. The van der Waals surface area contributed by atoms with Crippen LogP contribution >= 0.6 is 0 Å². The van der Waals surface area contributed by atoms with Gasteiger partial charge < -0.3 is 4.90 Å². The van der Waals surface area contributed by atoms with Crippen LogP contribution in [0.15, 0.2) is 144 Å². The highest BCUT2D eigenvalue weighted by atomic mass is 19.4. The largest absolute Gasteiger partial charge is 0.416 e. The second kappa shape index (κ2) is 16.0. The van der Waals surface area contributed by atoms with Gasteiger partial charge in [0, 0.05) is 64.2 Å². The summed E-state index contributed by atoms with van der Waals surface area (Å²) in [5.41, 5.74) is 7.21. The molecule has 4 aromatic rings. The Bertz CT molecular complexity index is 2220. The van der Waals surface area contributed by atoms with E-state index in [4.69, 9.17) is 0 Å². The Balaban J connectivity index is 1.55. The number of hydrogen-bond donors (Lipinski definition) is 0. The molecule has 0 atom stereocenters. The summed E-state index contributed by atoms with van der Waals surface area (Å²) in [5, 5.41) is 0. The van der Waals surface area contributed by atoms with E-state index in [1.807, 2.05) is 77.9 Å². The molecule has 0 radical (unpaired) electrons. The highest BCUT2D eigenvalue weighted by molar-refractivity contribution is 6.17. The van der Waals surface area contributed by atoms with Gasteiger partial charge in [-0.2, -0.15) is 30.9 Å². The molecule has 1 aliphatic carbocycles. The molecular formula is C49H51F6N2+. The third-order valence-corrected chi connectivity index (χ3v) is 11.5. The van der Waals surface area contributed by atoms with E-state index in [1.165, 1.54) is 12.1 Å². The number of fused-ring (bicyclic) bond motifs is 1. The molecule has 1 saturated carbocycles. The molecule has 0 amide bonds. The molecule has 0 saturated heterocycles. The third-order valence-electron chi connectivity index (χ3n) is 11.5. The summed E-state index contributed by atoms with van der Waals surface area (Å²) < 4.78 is 85.6. The molecule has 2 nitrogen and oxygen atoms in total. The fourth-order valence-electron chi connectivity index (χ4n) is 8.48. The van der Waals surface area contributed by atoms with Gasteiger partial charge in [-0.3, -0.25) is 0 Å². The summed E-state index contributed by atoms with van der Waals surface area (Å²) in [4.78, 5) is 2.10. The van der Waals surface area contributed by atoms with Crippen molar-refractivity contribution in [3.8, 4) is 0 Å². The Hall–Kier alpha value is -5.11. The van der Waals surface area contributed by atoms with Gasteiger partial charge >= 0.3 is 12.4 Å². The van der Waals surface area contributed by atoms with Crippen molar-refractivity contribution >= 4 is 22.8 Å². The van der Waals surface area contributed by atoms with Crippen molar-refractivity contribution in [2.45, 2.75) is 97.3 Å². The molecule has 57 heavy (non-hydrogen) atoms. The number of nitrogens with zero attached hydrogens (tertiary/aromatic N) is 2. The van der Waals surface area contributed by atoms with E-state index in [-0.39, 0.29) is 0 Å². The van der Waals surface area contributed by atoms with Crippen LogP contribution in [0.4, 0.5) is 43.4 Å². The third kappa shape index (κ3) is 8.32. The van der Waals surface area contributed by atoms with Gasteiger partial charge in [-0.25, -0.2) is 0 Å². The highest BCUT2D eigenvalue weighted by Gasteiger charge is 2.42. The van der Waals surface area contributed by atoms with E-state index in [1.54, 1.807) is 12.1 Å². The van der Waals surface area contributed by atoms with Gasteiger partial charge in [-0.05, 0) is 86.2 Å². The fourth-order valence-corrected chi connectivity index (χ4v) is 8.48. The van der Waals surface area contributed by atoms with Crippen LogP contribution in [0, 0.1) is 6.92 Å². The topological polar surface area (TPSA) is 6.25 Å². The van der Waals surface area contributed by atoms with Crippen LogP contribution in [-0.4, -0.2) is 12.3 Å². The first-order valence-corrected chi connectivity index (χ1v) is 19.7. The summed E-state index contributed by atoms with van der Waals surface area (Å²) in [6.07, 6.45) is 2.51. The van der Waals surface area contributed by atoms with Gasteiger partial charge in [0.25, 0.3) is 0 Å². The summed E-state index contributed by atoms with van der Waals surface area (Å²) in [6, 6.07) is 28.3. The number of hydrogen-bond acceptors (Lipinski definition) is 1. The SMILES string of the molecule is CCC/C(=C/C=C1\CCC(=CC=C2N(CC)c3ccc(C(F)(F)F)cc3C2(C)C)C1=[N+](c1ccccc1)c1ccccc1)C(C)(C)c1cc(C(F)(F)F)ccc1C. The first-order valence-electron chi connectivity index (χ1n) is 19.7. The zero-order chi connectivity index (χ0) is 41.3. The average molecular weight is 782 g/mol. The lowest BCUT2D eigenvalue weighted by Gasteiger charge is -2.31. The maximum atomic E-state index is 13.9. The molecular weight excluding hydrogens is 731 g/mol. The molecule has 1 heterocycles. The molecule has 1 aliphatic heterocycles. The van der Waals surface area contributed by atoms with Crippen molar-refractivity contribution in [3.05, 3.63) is 172 Å². The van der Waals surface area contributed by atoms with Gasteiger partial charge in [0.15, 0.2) is 0 Å². The van der Waals surface area contributed by atoms with Crippen LogP contribution in [0.25, 0.3) is 0 Å². The Morgan fingerprint density at radius 2 is 1.26 bits per heavy atom. The number of para-hydroxylation sites is 2. The number of likely N-dealkylation sites (N-methyl/N-ethyl adjacent to an activating group) is 1. The Labute approximate surface area is 333 Å². The van der Waals surface area contributed by atoms with E-state index in [0.717, 1.165) is 75.7 Å². The van der Waals surface area contributed by atoms with Crippen molar-refractivity contribution < 1.29 is 26.3 Å². The first-order chi connectivity index (χ1) is 26.9. The average Bonchev–Trinajstić information content (AvgIpc) is 3.66. The van der Waals surface area contributed by atoms with Crippen LogP contribution in [0.1, 0.15) is 95.0 Å². The second-order valence-corrected chi connectivity index (χ2v) is 16.0. The van der Waals surface area contributed by atoms with Gasteiger partial charge in [-0.1, -0.05) is 107 Å².